The van der Waals surface area contributed by atoms with Gasteiger partial charge in [0.15, 0.2) is 17.5 Å². The summed E-state index contributed by atoms with van der Waals surface area (Å²) in [6, 6.07) is 0.959. The average Bonchev–Trinajstić information content (AvgIpc) is 1.97. The Bertz CT molecular complexity index is 272. The van der Waals surface area contributed by atoms with Crippen molar-refractivity contribution in [2.75, 3.05) is 0 Å². The molecule has 1 aromatic carbocycles. The fourth-order valence-electron chi connectivity index (χ4n) is 0.544. The van der Waals surface area contributed by atoms with Crippen molar-refractivity contribution >= 4 is 45.2 Å². The molecule has 0 atom stereocenters. The van der Waals surface area contributed by atoms with Crippen LogP contribution in [-0.4, -0.2) is 0 Å². The van der Waals surface area contributed by atoms with Crippen molar-refractivity contribution in [3.05, 3.63) is 30.7 Å². The maximum Gasteiger partial charge on any atom is 0.195 e. The van der Waals surface area contributed by atoms with Crippen LogP contribution < -0.4 is 0 Å². The van der Waals surface area contributed by atoms with Crippen molar-refractivity contribution < 1.29 is 13.2 Å². The standard InChI is InChI=1S/C6HF3I2/c7-2-1-3(10)6(11)5(9)4(2)8/h1H. The predicted molar refractivity (Wildman–Crippen MR) is 51.7 cm³/mol. The van der Waals surface area contributed by atoms with Crippen LogP contribution in [0.15, 0.2) is 6.07 Å². The second-order valence-corrected chi connectivity index (χ2v) is 4.02. The van der Waals surface area contributed by atoms with Crippen molar-refractivity contribution in [3.63, 3.8) is 0 Å². The van der Waals surface area contributed by atoms with Crippen molar-refractivity contribution in [1.29, 1.82) is 0 Å². The van der Waals surface area contributed by atoms with Crippen LogP contribution >= 0.6 is 45.2 Å². The lowest BCUT2D eigenvalue weighted by Crippen LogP contribution is -1.96. The SMILES string of the molecule is Fc1cc(I)c(I)c(F)c1F. The van der Waals surface area contributed by atoms with Gasteiger partial charge in [-0.15, -0.1) is 0 Å². The van der Waals surface area contributed by atoms with E-state index in [0.717, 1.165) is 6.07 Å². The Hall–Kier alpha value is 0.470. The van der Waals surface area contributed by atoms with Crippen molar-refractivity contribution in [2.45, 2.75) is 0 Å². The third kappa shape index (κ3) is 1.79. The van der Waals surface area contributed by atoms with Gasteiger partial charge >= 0.3 is 0 Å². The maximum absolute atomic E-state index is 12.6. The Morgan fingerprint density at radius 2 is 1.55 bits per heavy atom. The third-order valence-electron chi connectivity index (χ3n) is 1.06. The molecule has 0 bridgehead atoms. The molecule has 0 fully saturated rings. The second kappa shape index (κ2) is 3.46. The smallest absolute Gasteiger partial charge is 0.195 e. The van der Waals surface area contributed by atoms with Gasteiger partial charge in [-0.25, -0.2) is 13.2 Å². The summed E-state index contributed by atoms with van der Waals surface area (Å²) in [5.74, 6) is -3.67. The van der Waals surface area contributed by atoms with E-state index in [9.17, 15) is 13.2 Å². The van der Waals surface area contributed by atoms with Crippen LogP contribution in [0.5, 0.6) is 0 Å². The van der Waals surface area contributed by atoms with E-state index in [1.807, 2.05) is 0 Å². The van der Waals surface area contributed by atoms with Gasteiger partial charge in [-0.2, -0.15) is 0 Å². The average molecular weight is 384 g/mol. The molecule has 0 heterocycles. The molecule has 0 aliphatic rings. The summed E-state index contributed by atoms with van der Waals surface area (Å²) in [5, 5.41) is 0. The van der Waals surface area contributed by atoms with Gasteiger partial charge in [0.25, 0.3) is 0 Å². The highest BCUT2D eigenvalue weighted by molar-refractivity contribution is 14.1. The van der Waals surface area contributed by atoms with E-state index in [2.05, 4.69) is 0 Å². The summed E-state index contributed by atoms with van der Waals surface area (Å²) < 4.78 is 37.9. The lowest BCUT2D eigenvalue weighted by Gasteiger charge is -1.99. The second-order valence-electron chi connectivity index (χ2n) is 1.78. The maximum atomic E-state index is 12.6. The van der Waals surface area contributed by atoms with Gasteiger partial charge in [0.2, 0.25) is 0 Å². The molecule has 60 valence electrons. The van der Waals surface area contributed by atoms with Gasteiger partial charge < -0.3 is 0 Å². The third-order valence-corrected chi connectivity index (χ3v) is 4.00. The van der Waals surface area contributed by atoms with E-state index < -0.39 is 17.5 Å². The zero-order chi connectivity index (χ0) is 8.59. The number of benzene rings is 1. The zero-order valence-electron chi connectivity index (χ0n) is 4.97. The first-order chi connectivity index (χ1) is 5.04. The van der Waals surface area contributed by atoms with Crippen LogP contribution in [0.3, 0.4) is 0 Å². The normalized spacial score (nSPS) is 10.3. The molecule has 0 unspecified atom stereocenters. The molecule has 1 aromatic rings. The van der Waals surface area contributed by atoms with E-state index in [-0.39, 0.29) is 3.57 Å². The predicted octanol–water partition coefficient (Wildman–Crippen LogP) is 3.31. The van der Waals surface area contributed by atoms with Crippen LogP contribution in [0.4, 0.5) is 13.2 Å². The number of rotatable bonds is 0. The molecule has 0 aliphatic heterocycles. The molecule has 0 spiro atoms. The van der Waals surface area contributed by atoms with E-state index in [0.29, 0.717) is 3.57 Å². The highest BCUT2D eigenvalue weighted by atomic mass is 127. The van der Waals surface area contributed by atoms with E-state index in [1.165, 1.54) is 0 Å². The topological polar surface area (TPSA) is 0 Å². The van der Waals surface area contributed by atoms with E-state index in [4.69, 9.17) is 0 Å². The Kier molecular flexibility index (Phi) is 3.01. The fraction of sp³-hybridized carbons (Fsp3) is 0. The van der Waals surface area contributed by atoms with Crippen molar-refractivity contribution in [1.82, 2.24) is 0 Å². The van der Waals surface area contributed by atoms with Crippen LogP contribution in [0.2, 0.25) is 0 Å². The molecule has 5 heteroatoms. The van der Waals surface area contributed by atoms with Crippen LogP contribution in [0.1, 0.15) is 0 Å². The Balaban J connectivity index is 3.46. The summed E-state index contributed by atoms with van der Waals surface area (Å²) in [4.78, 5) is 0. The first kappa shape index (κ1) is 9.56. The quantitative estimate of drug-likeness (QED) is 0.366. The molecule has 11 heavy (non-hydrogen) atoms. The number of hydrogen-bond donors (Lipinski definition) is 0. The molecule has 0 nitrogen and oxygen atoms in total. The van der Waals surface area contributed by atoms with Crippen LogP contribution in [0, 0.1) is 24.6 Å². The molecular formula is C6HF3I2. The van der Waals surface area contributed by atoms with E-state index >= 15 is 0 Å². The first-order valence-electron chi connectivity index (χ1n) is 2.52. The summed E-state index contributed by atoms with van der Waals surface area (Å²) in [6.07, 6.45) is 0. The summed E-state index contributed by atoms with van der Waals surface area (Å²) in [6.45, 7) is 0. The molecule has 0 saturated carbocycles. The van der Waals surface area contributed by atoms with Crippen LogP contribution in [0.25, 0.3) is 0 Å². The Labute approximate surface area is 88.5 Å². The fourth-order valence-corrected chi connectivity index (χ4v) is 1.45. The summed E-state index contributed by atoms with van der Waals surface area (Å²) in [7, 11) is 0. The Morgan fingerprint density at radius 3 is 2.09 bits per heavy atom. The molecule has 0 saturated heterocycles. The molecule has 1 rings (SSSR count). The van der Waals surface area contributed by atoms with E-state index in [1.54, 1.807) is 45.2 Å². The first-order valence-corrected chi connectivity index (χ1v) is 4.68. The number of hydrogen-bond acceptors (Lipinski definition) is 0. The summed E-state index contributed by atoms with van der Waals surface area (Å²) >= 11 is 3.36. The van der Waals surface area contributed by atoms with Gasteiger partial charge in [0, 0.05) is 3.57 Å². The highest BCUT2D eigenvalue weighted by Crippen LogP contribution is 2.22. The zero-order valence-corrected chi connectivity index (χ0v) is 9.28. The minimum Gasteiger partial charge on any atom is -0.204 e. The molecule has 0 amide bonds. The molecule has 0 aromatic heterocycles. The van der Waals surface area contributed by atoms with Crippen molar-refractivity contribution in [3.8, 4) is 0 Å². The number of halogens is 5. The van der Waals surface area contributed by atoms with Gasteiger partial charge in [0.1, 0.15) is 0 Å². The molecule has 0 N–H and O–H groups in total. The molecular weight excluding hydrogens is 383 g/mol. The minimum absolute atomic E-state index is 0.113. The highest BCUT2D eigenvalue weighted by Gasteiger charge is 2.14. The lowest BCUT2D eigenvalue weighted by molar-refractivity contribution is 0.442. The van der Waals surface area contributed by atoms with Gasteiger partial charge in [0.05, 0.1) is 3.57 Å². The monoisotopic (exact) mass is 384 g/mol. The largest absolute Gasteiger partial charge is 0.204 e. The lowest BCUT2D eigenvalue weighted by atomic mass is 10.3. The minimum atomic E-state index is -1.41. The molecule has 0 aliphatic carbocycles. The summed E-state index contributed by atoms with van der Waals surface area (Å²) in [5.41, 5.74) is 0. The van der Waals surface area contributed by atoms with Gasteiger partial charge in [-0.1, -0.05) is 0 Å². The van der Waals surface area contributed by atoms with Crippen LogP contribution in [-0.2, 0) is 0 Å². The Morgan fingerprint density at radius 1 is 1.00 bits per heavy atom. The van der Waals surface area contributed by atoms with Gasteiger partial charge in [-0.05, 0) is 51.2 Å². The molecule has 0 radical (unpaired) electrons. The van der Waals surface area contributed by atoms with Gasteiger partial charge in [-0.3, -0.25) is 0 Å². The van der Waals surface area contributed by atoms with Crippen molar-refractivity contribution in [2.24, 2.45) is 0 Å².